The number of halogens is 1. The molecule has 1 aliphatic heterocycles. The molecule has 1 aromatic heterocycles. The van der Waals surface area contributed by atoms with Gasteiger partial charge in [-0.3, -0.25) is 14.6 Å². The van der Waals surface area contributed by atoms with Gasteiger partial charge in [-0.2, -0.15) is 0 Å². The lowest BCUT2D eigenvalue weighted by molar-refractivity contribution is 0.0715. The second-order valence-electron chi connectivity index (χ2n) is 5.54. The molecule has 0 atom stereocenters. The van der Waals surface area contributed by atoms with E-state index >= 15 is 0 Å². The fourth-order valence-electron chi connectivity index (χ4n) is 2.67. The number of rotatable bonds is 2. The van der Waals surface area contributed by atoms with Crippen LogP contribution in [-0.2, 0) is 0 Å². The first-order valence-electron chi connectivity index (χ1n) is 7.75. The van der Waals surface area contributed by atoms with Gasteiger partial charge in [-0.05, 0) is 30.7 Å². The SMILES string of the molecule is O=C(c1ccc(Br)cc1)N1CCCN(C(=O)c2cnccn2)CC1. The largest absolute Gasteiger partial charge is 0.337 e. The van der Waals surface area contributed by atoms with Crippen LogP contribution >= 0.6 is 15.9 Å². The van der Waals surface area contributed by atoms with Gasteiger partial charge < -0.3 is 9.80 Å². The summed E-state index contributed by atoms with van der Waals surface area (Å²) in [5.74, 6) is -0.141. The summed E-state index contributed by atoms with van der Waals surface area (Å²) in [6, 6.07) is 7.32. The Kier molecular flexibility index (Phi) is 5.20. The van der Waals surface area contributed by atoms with Gasteiger partial charge >= 0.3 is 0 Å². The molecule has 0 aliphatic carbocycles. The van der Waals surface area contributed by atoms with Crippen molar-refractivity contribution < 1.29 is 9.59 Å². The van der Waals surface area contributed by atoms with Crippen molar-refractivity contribution in [3.8, 4) is 0 Å². The van der Waals surface area contributed by atoms with Crippen molar-refractivity contribution in [3.05, 3.63) is 58.6 Å². The van der Waals surface area contributed by atoms with Crippen LogP contribution in [-0.4, -0.2) is 57.8 Å². The van der Waals surface area contributed by atoms with Crippen LogP contribution in [0.15, 0.2) is 47.3 Å². The minimum atomic E-state index is -0.138. The van der Waals surface area contributed by atoms with E-state index in [4.69, 9.17) is 0 Å². The van der Waals surface area contributed by atoms with E-state index in [0.717, 1.165) is 10.9 Å². The van der Waals surface area contributed by atoms with Crippen LogP contribution in [0.1, 0.15) is 27.3 Å². The number of benzene rings is 1. The summed E-state index contributed by atoms with van der Waals surface area (Å²) in [5.41, 5.74) is 0.997. The monoisotopic (exact) mass is 388 g/mol. The molecule has 0 N–H and O–H groups in total. The van der Waals surface area contributed by atoms with Gasteiger partial charge in [0.15, 0.2) is 0 Å². The van der Waals surface area contributed by atoms with E-state index in [-0.39, 0.29) is 11.8 Å². The van der Waals surface area contributed by atoms with Gasteiger partial charge in [-0.25, -0.2) is 4.98 Å². The zero-order valence-electron chi connectivity index (χ0n) is 13.1. The molecule has 6 nitrogen and oxygen atoms in total. The molecule has 2 heterocycles. The van der Waals surface area contributed by atoms with Gasteiger partial charge in [0.05, 0.1) is 6.20 Å². The van der Waals surface area contributed by atoms with Gasteiger partial charge in [0.25, 0.3) is 11.8 Å². The first-order valence-corrected chi connectivity index (χ1v) is 8.54. The lowest BCUT2D eigenvalue weighted by Crippen LogP contribution is -2.37. The molecule has 7 heteroatoms. The van der Waals surface area contributed by atoms with E-state index in [1.165, 1.54) is 18.6 Å². The number of hydrogen-bond acceptors (Lipinski definition) is 4. The van der Waals surface area contributed by atoms with E-state index in [9.17, 15) is 9.59 Å². The summed E-state index contributed by atoms with van der Waals surface area (Å²) >= 11 is 3.37. The molecule has 1 aliphatic rings. The molecule has 0 saturated carbocycles. The van der Waals surface area contributed by atoms with E-state index in [1.807, 2.05) is 12.1 Å². The molecular formula is C17H17BrN4O2. The minimum Gasteiger partial charge on any atom is -0.337 e. The van der Waals surface area contributed by atoms with E-state index < -0.39 is 0 Å². The quantitative estimate of drug-likeness (QED) is 0.790. The Labute approximate surface area is 148 Å². The summed E-state index contributed by atoms with van der Waals surface area (Å²) in [6.07, 6.45) is 5.26. The summed E-state index contributed by atoms with van der Waals surface area (Å²) in [7, 11) is 0. The third kappa shape index (κ3) is 3.79. The minimum absolute atomic E-state index is 0.00342. The molecule has 124 valence electrons. The highest BCUT2D eigenvalue weighted by Gasteiger charge is 2.24. The lowest BCUT2D eigenvalue weighted by atomic mass is 10.2. The molecule has 1 saturated heterocycles. The maximum atomic E-state index is 12.6. The normalized spacial score (nSPS) is 15.0. The second-order valence-corrected chi connectivity index (χ2v) is 6.45. The van der Waals surface area contributed by atoms with Crippen LogP contribution in [0.3, 0.4) is 0 Å². The molecular weight excluding hydrogens is 372 g/mol. The predicted molar refractivity (Wildman–Crippen MR) is 92.6 cm³/mol. The van der Waals surface area contributed by atoms with Gasteiger partial charge in [-0.15, -0.1) is 0 Å². The number of carbonyl (C=O) groups is 2. The van der Waals surface area contributed by atoms with Crippen LogP contribution in [0.5, 0.6) is 0 Å². The Balaban J connectivity index is 1.65. The summed E-state index contributed by atoms with van der Waals surface area (Å²) < 4.78 is 0.940. The predicted octanol–water partition coefficient (Wildman–Crippen LogP) is 2.23. The molecule has 1 fully saturated rings. The zero-order chi connectivity index (χ0) is 16.9. The first-order chi connectivity index (χ1) is 11.6. The third-order valence-electron chi connectivity index (χ3n) is 3.94. The van der Waals surface area contributed by atoms with Crippen molar-refractivity contribution in [2.75, 3.05) is 26.2 Å². The molecule has 0 spiro atoms. The van der Waals surface area contributed by atoms with Crippen LogP contribution in [0.2, 0.25) is 0 Å². The molecule has 1 aromatic carbocycles. The Morgan fingerprint density at radius 2 is 1.58 bits per heavy atom. The highest BCUT2D eigenvalue weighted by atomic mass is 79.9. The Morgan fingerprint density at radius 3 is 2.21 bits per heavy atom. The van der Waals surface area contributed by atoms with Gasteiger partial charge in [0.1, 0.15) is 5.69 Å². The number of hydrogen-bond donors (Lipinski definition) is 0. The van der Waals surface area contributed by atoms with Crippen molar-refractivity contribution in [1.29, 1.82) is 0 Å². The van der Waals surface area contributed by atoms with Crippen LogP contribution in [0.25, 0.3) is 0 Å². The molecule has 0 unspecified atom stereocenters. The molecule has 2 aromatic rings. The van der Waals surface area contributed by atoms with E-state index in [1.54, 1.807) is 21.9 Å². The van der Waals surface area contributed by atoms with Crippen molar-refractivity contribution >= 4 is 27.7 Å². The zero-order valence-corrected chi connectivity index (χ0v) is 14.6. The molecule has 2 amide bonds. The standard InChI is InChI=1S/C17H17BrN4O2/c18-14-4-2-13(3-5-14)16(23)21-8-1-9-22(11-10-21)17(24)15-12-19-6-7-20-15/h2-7,12H,1,8-11H2. The number of amides is 2. The topological polar surface area (TPSA) is 66.4 Å². The smallest absolute Gasteiger partial charge is 0.274 e. The average molecular weight is 389 g/mol. The highest BCUT2D eigenvalue weighted by Crippen LogP contribution is 2.14. The second kappa shape index (κ2) is 7.53. The summed E-state index contributed by atoms with van der Waals surface area (Å²) in [5, 5.41) is 0. The first kappa shape index (κ1) is 16.6. The van der Waals surface area contributed by atoms with Gasteiger partial charge in [0.2, 0.25) is 0 Å². The number of carbonyl (C=O) groups excluding carboxylic acids is 2. The van der Waals surface area contributed by atoms with Crippen LogP contribution in [0.4, 0.5) is 0 Å². The number of nitrogens with zero attached hydrogens (tertiary/aromatic N) is 4. The molecule has 3 rings (SSSR count). The van der Waals surface area contributed by atoms with Crippen molar-refractivity contribution in [2.24, 2.45) is 0 Å². The summed E-state index contributed by atoms with van der Waals surface area (Å²) in [4.78, 5) is 36.6. The van der Waals surface area contributed by atoms with E-state index in [0.29, 0.717) is 37.4 Å². The molecule has 0 bridgehead atoms. The maximum Gasteiger partial charge on any atom is 0.274 e. The van der Waals surface area contributed by atoms with Crippen molar-refractivity contribution in [1.82, 2.24) is 19.8 Å². The van der Waals surface area contributed by atoms with Gasteiger partial charge in [0, 0.05) is 48.6 Å². The molecule has 24 heavy (non-hydrogen) atoms. The van der Waals surface area contributed by atoms with E-state index in [2.05, 4.69) is 25.9 Å². The average Bonchev–Trinajstić information content (AvgIpc) is 2.88. The summed E-state index contributed by atoms with van der Waals surface area (Å²) in [6.45, 7) is 2.26. The fraction of sp³-hybridized carbons (Fsp3) is 0.294. The van der Waals surface area contributed by atoms with Crippen LogP contribution in [0, 0.1) is 0 Å². The Bertz CT molecular complexity index is 721. The molecule has 0 radical (unpaired) electrons. The Hall–Kier alpha value is -2.28. The van der Waals surface area contributed by atoms with Crippen molar-refractivity contribution in [3.63, 3.8) is 0 Å². The lowest BCUT2D eigenvalue weighted by Gasteiger charge is -2.22. The fourth-order valence-corrected chi connectivity index (χ4v) is 2.93. The maximum absolute atomic E-state index is 12.6. The Morgan fingerprint density at radius 1 is 0.917 bits per heavy atom. The van der Waals surface area contributed by atoms with Gasteiger partial charge in [-0.1, -0.05) is 15.9 Å². The number of aromatic nitrogens is 2. The van der Waals surface area contributed by atoms with Crippen LogP contribution < -0.4 is 0 Å². The highest BCUT2D eigenvalue weighted by molar-refractivity contribution is 9.10. The third-order valence-corrected chi connectivity index (χ3v) is 4.47. The van der Waals surface area contributed by atoms with Crippen molar-refractivity contribution in [2.45, 2.75) is 6.42 Å².